The van der Waals surface area contributed by atoms with Crippen LogP contribution in [0, 0.1) is 5.82 Å². The summed E-state index contributed by atoms with van der Waals surface area (Å²) in [6.07, 6.45) is 1.38. The number of anilines is 1. The van der Waals surface area contributed by atoms with Crippen LogP contribution in [0.2, 0.25) is 5.02 Å². The Morgan fingerprint density at radius 2 is 1.76 bits per heavy atom. The molecule has 1 aliphatic rings. The van der Waals surface area contributed by atoms with Gasteiger partial charge in [0, 0.05) is 46.0 Å². The molecule has 4 rings (SSSR count). The lowest BCUT2D eigenvalue weighted by molar-refractivity contribution is 0.0947. The van der Waals surface area contributed by atoms with E-state index in [4.69, 9.17) is 11.6 Å². The number of aryl methyl sites for hydroxylation is 1. The fourth-order valence-electron chi connectivity index (χ4n) is 3.69. The summed E-state index contributed by atoms with van der Waals surface area (Å²) in [4.78, 5) is 14.8. The van der Waals surface area contributed by atoms with Crippen LogP contribution in [0.25, 0.3) is 0 Å². The summed E-state index contributed by atoms with van der Waals surface area (Å²) in [5.74, 6) is -0.943. The molecule has 1 aliphatic heterocycles. The molecule has 1 amide bonds. The maximum atomic E-state index is 13.3. The molecule has 0 spiro atoms. The molecule has 1 saturated heterocycles. The van der Waals surface area contributed by atoms with Gasteiger partial charge in [-0.3, -0.25) is 9.48 Å². The number of nitrogens with one attached hydrogen (secondary N) is 1. The quantitative estimate of drug-likeness (QED) is 0.573. The first-order chi connectivity index (χ1) is 15.8. The minimum atomic E-state index is -3.99. The van der Waals surface area contributed by atoms with Crippen molar-refractivity contribution in [1.82, 2.24) is 19.4 Å². The third-order valence-electron chi connectivity index (χ3n) is 5.42. The minimum absolute atomic E-state index is 0.0341. The molecule has 2 heterocycles. The second-order valence-corrected chi connectivity index (χ2v) is 9.93. The summed E-state index contributed by atoms with van der Waals surface area (Å²) >= 11 is 6.27. The Morgan fingerprint density at radius 3 is 2.42 bits per heavy atom. The number of para-hydroxylation sites is 1. The number of carbonyl (C=O) groups is 1. The van der Waals surface area contributed by atoms with Gasteiger partial charge in [-0.25, -0.2) is 12.8 Å². The number of nitrogens with zero attached hydrogens (tertiary/aromatic N) is 4. The standard InChI is InChI=1S/C22H23ClFN5O3S/c1-27-15-18(21(30)25-14-16-6-8-17(24)9-7-16)22(26-27)33(31,32)29-12-10-28(11-13-29)20-5-3-2-4-19(20)23/h2-9,15H,10-14H2,1H3,(H,25,30). The molecule has 0 saturated carbocycles. The van der Waals surface area contributed by atoms with E-state index in [9.17, 15) is 17.6 Å². The number of amides is 1. The van der Waals surface area contributed by atoms with Crippen molar-refractivity contribution in [2.45, 2.75) is 11.6 Å². The van der Waals surface area contributed by atoms with E-state index >= 15 is 0 Å². The molecule has 174 valence electrons. The third-order valence-corrected chi connectivity index (χ3v) is 7.58. The van der Waals surface area contributed by atoms with Crippen molar-refractivity contribution in [2.24, 2.45) is 7.05 Å². The van der Waals surface area contributed by atoms with Gasteiger partial charge < -0.3 is 10.2 Å². The first-order valence-electron chi connectivity index (χ1n) is 10.3. The van der Waals surface area contributed by atoms with Crippen LogP contribution in [0.1, 0.15) is 15.9 Å². The fraction of sp³-hybridized carbons (Fsp3) is 0.273. The number of halogens is 2. The molecule has 2 aromatic carbocycles. The van der Waals surface area contributed by atoms with E-state index in [0.717, 1.165) is 5.69 Å². The van der Waals surface area contributed by atoms with Crippen molar-refractivity contribution in [2.75, 3.05) is 31.1 Å². The maximum absolute atomic E-state index is 13.3. The summed E-state index contributed by atoms with van der Waals surface area (Å²) in [6.45, 7) is 1.52. The minimum Gasteiger partial charge on any atom is -0.368 e. The Kier molecular flexibility index (Phi) is 6.68. The molecule has 0 atom stereocenters. The molecule has 1 aromatic heterocycles. The number of hydrogen-bond acceptors (Lipinski definition) is 5. The second-order valence-electron chi connectivity index (χ2n) is 7.67. The van der Waals surface area contributed by atoms with Crippen molar-refractivity contribution in [3.8, 4) is 0 Å². The number of sulfonamides is 1. The molecule has 1 N–H and O–H groups in total. The van der Waals surface area contributed by atoms with E-state index in [1.165, 1.54) is 27.3 Å². The van der Waals surface area contributed by atoms with Crippen molar-refractivity contribution < 1.29 is 17.6 Å². The van der Waals surface area contributed by atoms with Crippen LogP contribution in [0.15, 0.2) is 59.8 Å². The molecule has 0 bridgehead atoms. The molecule has 0 radical (unpaired) electrons. The predicted octanol–water partition coefficient (Wildman–Crippen LogP) is 2.65. The highest BCUT2D eigenvalue weighted by Crippen LogP contribution is 2.27. The summed E-state index contributed by atoms with van der Waals surface area (Å²) in [6, 6.07) is 13.1. The van der Waals surface area contributed by atoms with Crippen LogP contribution >= 0.6 is 11.6 Å². The SMILES string of the molecule is Cn1cc(C(=O)NCc2ccc(F)cc2)c(S(=O)(=O)N2CCN(c3ccccc3Cl)CC2)n1. The number of carbonyl (C=O) groups excluding carboxylic acids is 1. The van der Waals surface area contributed by atoms with Gasteiger partial charge >= 0.3 is 0 Å². The fourth-order valence-corrected chi connectivity index (χ4v) is 5.49. The number of rotatable bonds is 6. The molecule has 3 aromatic rings. The van der Waals surface area contributed by atoms with Gasteiger partial charge in [0.2, 0.25) is 5.03 Å². The molecule has 0 aliphatic carbocycles. The number of aromatic nitrogens is 2. The number of benzene rings is 2. The Hall–Kier alpha value is -2.95. The zero-order chi connectivity index (χ0) is 23.6. The molecule has 0 unspecified atom stereocenters. The smallest absolute Gasteiger partial charge is 0.263 e. The molecule has 33 heavy (non-hydrogen) atoms. The zero-order valence-corrected chi connectivity index (χ0v) is 19.5. The van der Waals surface area contributed by atoms with Gasteiger partial charge in [0.05, 0.1) is 16.3 Å². The van der Waals surface area contributed by atoms with Gasteiger partial charge in [-0.15, -0.1) is 0 Å². The van der Waals surface area contributed by atoms with E-state index in [0.29, 0.717) is 23.7 Å². The average molecular weight is 492 g/mol. The Balaban J connectivity index is 1.48. The summed E-state index contributed by atoms with van der Waals surface area (Å²) < 4.78 is 42.4. The van der Waals surface area contributed by atoms with Gasteiger partial charge in [0.1, 0.15) is 5.82 Å². The highest BCUT2D eigenvalue weighted by atomic mass is 35.5. The van der Waals surface area contributed by atoms with E-state index in [2.05, 4.69) is 10.4 Å². The monoisotopic (exact) mass is 491 g/mol. The summed E-state index contributed by atoms with van der Waals surface area (Å²) in [5, 5.41) is 7.08. The van der Waals surface area contributed by atoms with Crippen LogP contribution in [0.5, 0.6) is 0 Å². The average Bonchev–Trinajstić information content (AvgIpc) is 3.22. The Morgan fingerprint density at radius 1 is 1.09 bits per heavy atom. The zero-order valence-electron chi connectivity index (χ0n) is 17.9. The van der Waals surface area contributed by atoms with Gasteiger partial charge in [0.15, 0.2) is 0 Å². The normalized spacial score (nSPS) is 14.9. The second kappa shape index (κ2) is 9.50. The van der Waals surface area contributed by atoms with Crippen molar-refractivity contribution >= 4 is 33.2 Å². The highest BCUT2D eigenvalue weighted by molar-refractivity contribution is 7.89. The van der Waals surface area contributed by atoms with E-state index in [1.54, 1.807) is 25.2 Å². The molecule has 1 fully saturated rings. The first kappa shape index (κ1) is 23.2. The van der Waals surface area contributed by atoms with Gasteiger partial charge in [-0.1, -0.05) is 35.9 Å². The first-order valence-corrected chi connectivity index (χ1v) is 12.1. The summed E-state index contributed by atoms with van der Waals surface area (Å²) in [7, 11) is -2.43. The van der Waals surface area contributed by atoms with Crippen molar-refractivity contribution in [3.63, 3.8) is 0 Å². The number of piperazine rings is 1. The Bertz CT molecular complexity index is 1260. The number of hydrogen-bond donors (Lipinski definition) is 1. The van der Waals surface area contributed by atoms with Gasteiger partial charge in [-0.05, 0) is 29.8 Å². The van der Waals surface area contributed by atoms with Gasteiger partial charge in [-0.2, -0.15) is 9.40 Å². The van der Waals surface area contributed by atoms with Crippen LogP contribution in [-0.2, 0) is 23.6 Å². The Labute approximate surface area is 196 Å². The molecule has 11 heteroatoms. The molecular formula is C22H23ClFN5O3S. The van der Waals surface area contributed by atoms with E-state index in [1.807, 2.05) is 23.1 Å². The highest BCUT2D eigenvalue weighted by Gasteiger charge is 2.34. The van der Waals surface area contributed by atoms with Crippen LogP contribution in [-0.4, -0.2) is 54.6 Å². The third kappa shape index (κ3) is 5.02. The van der Waals surface area contributed by atoms with E-state index in [-0.39, 0.29) is 36.0 Å². The van der Waals surface area contributed by atoms with Crippen LogP contribution < -0.4 is 10.2 Å². The van der Waals surface area contributed by atoms with Gasteiger partial charge in [0.25, 0.3) is 15.9 Å². The lowest BCUT2D eigenvalue weighted by atomic mass is 10.2. The molecular weight excluding hydrogens is 469 g/mol. The topological polar surface area (TPSA) is 87.5 Å². The maximum Gasteiger partial charge on any atom is 0.263 e. The lowest BCUT2D eigenvalue weighted by Crippen LogP contribution is -2.49. The van der Waals surface area contributed by atoms with Crippen LogP contribution in [0.4, 0.5) is 10.1 Å². The van der Waals surface area contributed by atoms with Crippen LogP contribution in [0.3, 0.4) is 0 Å². The molecule has 8 nitrogen and oxygen atoms in total. The van der Waals surface area contributed by atoms with Crippen molar-refractivity contribution in [1.29, 1.82) is 0 Å². The largest absolute Gasteiger partial charge is 0.368 e. The predicted molar refractivity (Wildman–Crippen MR) is 123 cm³/mol. The lowest BCUT2D eigenvalue weighted by Gasteiger charge is -2.35. The van der Waals surface area contributed by atoms with E-state index < -0.39 is 15.9 Å². The summed E-state index contributed by atoms with van der Waals surface area (Å²) in [5.41, 5.74) is 1.51. The van der Waals surface area contributed by atoms with Crippen molar-refractivity contribution in [3.05, 3.63) is 76.7 Å².